The summed E-state index contributed by atoms with van der Waals surface area (Å²) in [6, 6.07) is 0. The van der Waals surface area contributed by atoms with E-state index in [0.29, 0.717) is 0 Å². The van der Waals surface area contributed by atoms with E-state index in [-0.39, 0.29) is 18.2 Å². The zero-order valence-electron chi connectivity index (χ0n) is 9.14. The lowest BCUT2D eigenvalue weighted by Crippen LogP contribution is -2.03. The first-order chi connectivity index (χ1) is 6.83. The van der Waals surface area contributed by atoms with Gasteiger partial charge in [0.1, 0.15) is 0 Å². The Morgan fingerprint density at radius 2 is 2.27 bits per heavy atom. The van der Waals surface area contributed by atoms with Gasteiger partial charge in [0.2, 0.25) is 0 Å². The van der Waals surface area contributed by atoms with Crippen molar-refractivity contribution in [1.29, 1.82) is 0 Å². The van der Waals surface area contributed by atoms with Gasteiger partial charge in [-0.2, -0.15) is 0 Å². The quantitative estimate of drug-likeness (QED) is 0.432. The van der Waals surface area contributed by atoms with Crippen molar-refractivity contribution in [3.63, 3.8) is 0 Å². The van der Waals surface area contributed by atoms with Crippen molar-refractivity contribution in [3.05, 3.63) is 24.8 Å². The summed E-state index contributed by atoms with van der Waals surface area (Å²) in [7, 11) is -3.50. The Morgan fingerprint density at radius 1 is 1.67 bits per heavy atom. The minimum absolute atomic E-state index is 0.0423. The van der Waals surface area contributed by atoms with E-state index in [1.165, 1.54) is 6.08 Å². The summed E-state index contributed by atoms with van der Waals surface area (Å²) in [4.78, 5) is 9.19. The van der Waals surface area contributed by atoms with Crippen molar-refractivity contribution in [3.8, 4) is 12.3 Å². The molecule has 1 N–H and O–H groups in total. The fourth-order valence-corrected chi connectivity index (χ4v) is 1.52. The number of hydrogen-bond donors (Lipinski definition) is 1. The second-order valence-corrected chi connectivity index (χ2v) is 5.57. The minimum Gasteiger partial charge on any atom is -0.324 e. The van der Waals surface area contributed by atoms with Crippen LogP contribution in [0.15, 0.2) is 24.8 Å². The lowest BCUT2D eigenvalue weighted by molar-refractivity contribution is 0.289. The van der Waals surface area contributed by atoms with Crippen molar-refractivity contribution >= 4 is 7.60 Å². The highest BCUT2D eigenvalue weighted by atomic mass is 31.2. The average Bonchev–Trinajstić information content (AvgIpc) is 2.13. The van der Waals surface area contributed by atoms with Crippen LogP contribution in [0.1, 0.15) is 13.8 Å². The highest BCUT2D eigenvalue weighted by Crippen LogP contribution is 2.41. The first-order valence-electron chi connectivity index (χ1n) is 4.56. The maximum absolute atomic E-state index is 11.2. The molecule has 0 aliphatic rings. The number of allylic oxidation sites excluding steroid dienone is 2. The summed E-state index contributed by atoms with van der Waals surface area (Å²) in [5.41, 5.74) is -0.360. The Bertz CT molecular complexity index is 323. The molecule has 0 rings (SSSR count). The molecule has 0 aromatic carbocycles. The molecule has 0 bridgehead atoms. The van der Waals surface area contributed by atoms with E-state index in [4.69, 9.17) is 10.9 Å². The highest BCUT2D eigenvalue weighted by molar-refractivity contribution is 7.53. The second kappa shape index (κ2) is 5.92. The van der Waals surface area contributed by atoms with E-state index in [0.717, 1.165) is 0 Å². The Hall–Kier alpha value is -0.810. The molecule has 0 heterocycles. The van der Waals surface area contributed by atoms with Crippen LogP contribution in [0, 0.1) is 17.8 Å². The molecule has 4 heteroatoms. The van der Waals surface area contributed by atoms with Crippen molar-refractivity contribution < 1.29 is 14.0 Å². The van der Waals surface area contributed by atoms with Crippen molar-refractivity contribution in [2.75, 3.05) is 12.8 Å². The molecular weight excluding hydrogens is 211 g/mol. The summed E-state index contributed by atoms with van der Waals surface area (Å²) in [6.07, 6.45) is 9.99. The molecule has 0 aliphatic carbocycles. The van der Waals surface area contributed by atoms with Gasteiger partial charge in [-0.15, -0.1) is 13.0 Å². The normalized spacial score (nSPS) is 15.9. The van der Waals surface area contributed by atoms with Crippen molar-refractivity contribution in [1.82, 2.24) is 0 Å². The van der Waals surface area contributed by atoms with Gasteiger partial charge in [0.25, 0.3) is 0 Å². The summed E-state index contributed by atoms with van der Waals surface area (Å²) in [5.74, 6) is 2.57. The van der Waals surface area contributed by atoms with Gasteiger partial charge in [-0.3, -0.25) is 4.57 Å². The Balaban J connectivity index is 4.06. The summed E-state index contributed by atoms with van der Waals surface area (Å²) in [5, 5.41) is 0. The van der Waals surface area contributed by atoms with Gasteiger partial charge < -0.3 is 9.42 Å². The maximum atomic E-state index is 11.2. The number of rotatable bonds is 6. The predicted molar refractivity (Wildman–Crippen MR) is 62.6 cm³/mol. The molecule has 0 aromatic heterocycles. The van der Waals surface area contributed by atoms with Gasteiger partial charge in [-0.25, -0.2) is 0 Å². The lowest BCUT2D eigenvalue weighted by atomic mass is 9.95. The summed E-state index contributed by atoms with van der Waals surface area (Å²) in [6.45, 7) is 7.18. The topological polar surface area (TPSA) is 46.5 Å². The zero-order valence-corrected chi connectivity index (χ0v) is 10.0. The van der Waals surface area contributed by atoms with Crippen LogP contribution < -0.4 is 0 Å². The molecule has 84 valence electrons. The first-order valence-corrected chi connectivity index (χ1v) is 6.32. The maximum Gasteiger partial charge on any atom is 0.332 e. The molecule has 0 radical (unpaired) electrons. The predicted octanol–water partition coefficient (Wildman–Crippen LogP) is 2.59. The van der Waals surface area contributed by atoms with Gasteiger partial charge in [-0.1, -0.05) is 24.1 Å². The molecule has 1 unspecified atom stereocenters. The first kappa shape index (κ1) is 14.2. The molecule has 15 heavy (non-hydrogen) atoms. The second-order valence-electron chi connectivity index (χ2n) is 3.67. The number of terminal acetylenes is 1. The Kier molecular flexibility index (Phi) is 5.60. The van der Waals surface area contributed by atoms with Crippen molar-refractivity contribution in [2.45, 2.75) is 13.8 Å². The monoisotopic (exact) mass is 228 g/mol. The number of hydrogen-bond acceptors (Lipinski definition) is 2. The van der Waals surface area contributed by atoms with Crippen LogP contribution >= 0.6 is 7.60 Å². The van der Waals surface area contributed by atoms with E-state index < -0.39 is 7.60 Å². The highest BCUT2D eigenvalue weighted by Gasteiger charge is 2.15. The molecular formula is C11H17O3P. The van der Waals surface area contributed by atoms with Gasteiger partial charge in [0.05, 0.1) is 12.8 Å². The molecule has 0 saturated heterocycles. The van der Waals surface area contributed by atoms with Gasteiger partial charge in [-0.05, 0) is 13.8 Å². The Morgan fingerprint density at radius 3 is 2.73 bits per heavy atom. The van der Waals surface area contributed by atoms with Crippen LogP contribution in [0.2, 0.25) is 0 Å². The van der Waals surface area contributed by atoms with Crippen LogP contribution in [-0.4, -0.2) is 17.7 Å². The molecule has 3 nitrogen and oxygen atoms in total. The molecule has 0 spiro atoms. The van der Waals surface area contributed by atoms with E-state index >= 15 is 0 Å². The van der Waals surface area contributed by atoms with Gasteiger partial charge >= 0.3 is 7.60 Å². The standard InChI is InChI=1S/C11H17O3P/c1-5-10-15(12,13)14-9-7-8-11(3,4)6-2/h2,5,7-8H,1,9-10H2,3-4H3,(H,12,13). The largest absolute Gasteiger partial charge is 0.332 e. The summed E-state index contributed by atoms with van der Waals surface area (Å²) < 4.78 is 16.0. The molecule has 0 fully saturated rings. The van der Waals surface area contributed by atoms with E-state index in [2.05, 4.69) is 12.5 Å². The third kappa shape index (κ3) is 7.16. The van der Waals surface area contributed by atoms with Crippen LogP contribution in [-0.2, 0) is 9.09 Å². The smallest absolute Gasteiger partial charge is 0.324 e. The SMILES string of the molecule is C#CC(C)(C)C=CCOP(=O)(O)CC=C. The fraction of sp³-hybridized carbons (Fsp3) is 0.455. The van der Waals surface area contributed by atoms with Crippen molar-refractivity contribution in [2.24, 2.45) is 5.41 Å². The van der Waals surface area contributed by atoms with E-state index in [1.54, 1.807) is 12.2 Å². The van der Waals surface area contributed by atoms with Gasteiger partial charge in [0.15, 0.2) is 0 Å². The zero-order chi connectivity index (χ0) is 11.9. The fourth-order valence-electron chi connectivity index (χ4n) is 0.766. The molecule has 0 amide bonds. The van der Waals surface area contributed by atoms with Crippen LogP contribution in [0.5, 0.6) is 0 Å². The van der Waals surface area contributed by atoms with E-state index in [9.17, 15) is 9.46 Å². The third-order valence-corrected chi connectivity index (χ3v) is 2.91. The van der Waals surface area contributed by atoms with Crippen LogP contribution in [0.4, 0.5) is 0 Å². The Labute approximate surface area is 91.4 Å². The molecule has 0 saturated carbocycles. The molecule has 1 atom stereocenters. The molecule has 0 aromatic rings. The summed E-state index contributed by atoms with van der Waals surface area (Å²) >= 11 is 0. The molecule has 0 aliphatic heterocycles. The van der Waals surface area contributed by atoms with Crippen LogP contribution in [0.25, 0.3) is 0 Å². The third-order valence-electron chi connectivity index (χ3n) is 1.64. The van der Waals surface area contributed by atoms with Crippen LogP contribution in [0.3, 0.4) is 0 Å². The lowest BCUT2D eigenvalue weighted by Gasteiger charge is -2.11. The average molecular weight is 228 g/mol. The van der Waals surface area contributed by atoms with E-state index in [1.807, 2.05) is 13.8 Å². The minimum atomic E-state index is -3.50. The van der Waals surface area contributed by atoms with Gasteiger partial charge in [0, 0.05) is 5.41 Å².